The second kappa shape index (κ2) is 5.30. The first kappa shape index (κ1) is 12.2. The van der Waals surface area contributed by atoms with Crippen LogP contribution in [0, 0.1) is 6.92 Å². The van der Waals surface area contributed by atoms with Crippen LogP contribution in [0.25, 0.3) is 0 Å². The van der Waals surface area contributed by atoms with E-state index in [2.05, 4.69) is 10.1 Å². The van der Waals surface area contributed by atoms with Gasteiger partial charge in [0.05, 0.1) is 13.2 Å². The second-order valence-corrected chi connectivity index (χ2v) is 3.54. The van der Waals surface area contributed by atoms with Crippen LogP contribution in [-0.2, 0) is 14.3 Å². The van der Waals surface area contributed by atoms with Crippen LogP contribution in [0.15, 0.2) is 24.3 Å². The lowest BCUT2D eigenvalue weighted by atomic mass is 10.0. The zero-order chi connectivity index (χ0) is 12.1. The molecule has 4 heteroatoms. The first-order valence-corrected chi connectivity index (χ1v) is 5.00. The molecule has 0 saturated heterocycles. The van der Waals surface area contributed by atoms with Crippen molar-refractivity contribution in [3.63, 3.8) is 0 Å². The second-order valence-electron chi connectivity index (χ2n) is 3.54. The van der Waals surface area contributed by atoms with Gasteiger partial charge in [-0.05, 0) is 25.0 Å². The Kier molecular flexibility index (Phi) is 4.05. The number of methoxy groups -OCH3 is 1. The summed E-state index contributed by atoms with van der Waals surface area (Å²) >= 11 is 0. The smallest absolute Gasteiger partial charge is 0.396 e. The molecule has 0 aliphatic heterocycles. The molecule has 4 nitrogen and oxygen atoms in total. The van der Waals surface area contributed by atoms with Gasteiger partial charge in [0.25, 0.3) is 0 Å². The van der Waals surface area contributed by atoms with Crippen molar-refractivity contribution < 1.29 is 14.3 Å². The van der Waals surface area contributed by atoms with Gasteiger partial charge in [-0.25, -0.2) is 4.79 Å². The molecule has 0 fully saturated rings. The molecule has 0 bridgehead atoms. The van der Waals surface area contributed by atoms with E-state index >= 15 is 0 Å². The van der Waals surface area contributed by atoms with Crippen molar-refractivity contribution >= 4 is 11.9 Å². The molecule has 0 heterocycles. The number of ether oxygens (including phenoxy) is 1. The maximum atomic E-state index is 11.3. The van der Waals surface area contributed by atoms with Gasteiger partial charge >= 0.3 is 11.9 Å². The largest absolute Gasteiger partial charge is 0.462 e. The molecule has 1 N–H and O–H groups in total. The van der Waals surface area contributed by atoms with Crippen molar-refractivity contribution in [2.24, 2.45) is 0 Å². The first-order valence-electron chi connectivity index (χ1n) is 5.00. The lowest BCUT2D eigenvalue weighted by Gasteiger charge is -2.15. The normalized spacial score (nSPS) is 11.7. The Morgan fingerprint density at radius 3 is 2.50 bits per heavy atom. The van der Waals surface area contributed by atoms with E-state index in [4.69, 9.17) is 0 Å². The Labute approximate surface area is 94.6 Å². The van der Waals surface area contributed by atoms with E-state index in [0.717, 1.165) is 11.1 Å². The van der Waals surface area contributed by atoms with Gasteiger partial charge in [0.15, 0.2) is 0 Å². The average Bonchev–Trinajstić information content (AvgIpc) is 2.28. The van der Waals surface area contributed by atoms with Crippen LogP contribution < -0.4 is 5.32 Å². The van der Waals surface area contributed by atoms with E-state index < -0.39 is 11.9 Å². The molecule has 0 aromatic heterocycles. The van der Waals surface area contributed by atoms with Crippen molar-refractivity contribution in [3.8, 4) is 0 Å². The molecule has 1 aromatic rings. The lowest BCUT2D eigenvalue weighted by molar-refractivity contribution is -0.153. The molecular weight excluding hydrogens is 206 g/mol. The third-order valence-electron chi connectivity index (χ3n) is 2.37. The highest BCUT2D eigenvalue weighted by Gasteiger charge is 2.17. The number of amides is 1. The number of aryl methyl sites for hydroxylation is 1. The van der Waals surface area contributed by atoms with Crippen LogP contribution in [0.2, 0.25) is 0 Å². The Balaban J connectivity index is 2.73. The Morgan fingerprint density at radius 1 is 1.31 bits per heavy atom. The summed E-state index contributed by atoms with van der Waals surface area (Å²) in [6, 6.07) is 7.47. The van der Waals surface area contributed by atoms with Crippen molar-refractivity contribution in [2.75, 3.05) is 7.11 Å². The topological polar surface area (TPSA) is 55.4 Å². The highest BCUT2D eigenvalue weighted by Crippen LogP contribution is 2.16. The first-order chi connectivity index (χ1) is 7.56. The van der Waals surface area contributed by atoms with Gasteiger partial charge in [-0.1, -0.05) is 24.3 Å². The van der Waals surface area contributed by atoms with Crippen LogP contribution in [0.1, 0.15) is 24.1 Å². The van der Waals surface area contributed by atoms with E-state index in [1.807, 2.05) is 38.1 Å². The number of esters is 1. The molecule has 1 amide bonds. The van der Waals surface area contributed by atoms with Crippen molar-refractivity contribution in [3.05, 3.63) is 35.4 Å². The molecule has 0 saturated carbocycles. The summed E-state index contributed by atoms with van der Waals surface area (Å²) in [5, 5.41) is 2.57. The molecule has 16 heavy (non-hydrogen) atoms. The predicted molar refractivity (Wildman–Crippen MR) is 59.8 cm³/mol. The van der Waals surface area contributed by atoms with Gasteiger partial charge in [0, 0.05) is 0 Å². The zero-order valence-electron chi connectivity index (χ0n) is 9.61. The molecule has 0 spiro atoms. The van der Waals surface area contributed by atoms with Gasteiger partial charge < -0.3 is 10.1 Å². The van der Waals surface area contributed by atoms with Crippen LogP contribution >= 0.6 is 0 Å². The van der Waals surface area contributed by atoms with Gasteiger partial charge in [-0.3, -0.25) is 4.79 Å². The van der Waals surface area contributed by atoms with E-state index in [9.17, 15) is 9.59 Å². The minimum absolute atomic E-state index is 0.215. The lowest BCUT2D eigenvalue weighted by Crippen LogP contribution is -2.34. The summed E-state index contributed by atoms with van der Waals surface area (Å²) in [4.78, 5) is 22.2. The summed E-state index contributed by atoms with van der Waals surface area (Å²) in [5.41, 5.74) is 2.06. The number of carbonyl (C=O) groups is 2. The minimum atomic E-state index is -0.875. The molecule has 86 valence electrons. The Morgan fingerprint density at radius 2 is 1.94 bits per heavy atom. The van der Waals surface area contributed by atoms with Gasteiger partial charge in [0.1, 0.15) is 0 Å². The molecule has 1 rings (SSSR count). The number of carbonyl (C=O) groups excluding carboxylic acids is 2. The summed E-state index contributed by atoms with van der Waals surface area (Å²) in [6.45, 7) is 3.78. The standard InChI is InChI=1S/C12H15NO3/c1-8-6-4-5-7-10(8)9(2)13-11(14)12(15)16-3/h4-7,9H,1-3H3,(H,13,14). The SMILES string of the molecule is COC(=O)C(=O)NC(C)c1ccccc1C. The number of hydrogen-bond donors (Lipinski definition) is 1. The molecule has 1 aromatic carbocycles. The highest BCUT2D eigenvalue weighted by atomic mass is 16.5. The van der Waals surface area contributed by atoms with E-state index in [-0.39, 0.29) is 6.04 Å². The summed E-state index contributed by atoms with van der Waals surface area (Å²) < 4.78 is 4.33. The quantitative estimate of drug-likeness (QED) is 0.605. The molecule has 1 unspecified atom stereocenters. The molecule has 0 aliphatic rings. The number of benzene rings is 1. The molecular formula is C12H15NO3. The zero-order valence-corrected chi connectivity index (χ0v) is 9.61. The third kappa shape index (κ3) is 2.82. The Hall–Kier alpha value is -1.84. The van der Waals surface area contributed by atoms with Gasteiger partial charge in [0.2, 0.25) is 0 Å². The van der Waals surface area contributed by atoms with Crippen molar-refractivity contribution in [1.29, 1.82) is 0 Å². The predicted octanol–water partition coefficient (Wildman–Crippen LogP) is 1.35. The van der Waals surface area contributed by atoms with E-state index in [1.165, 1.54) is 7.11 Å². The van der Waals surface area contributed by atoms with Crippen LogP contribution in [0.3, 0.4) is 0 Å². The van der Waals surface area contributed by atoms with Crippen LogP contribution in [0.5, 0.6) is 0 Å². The number of rotatable bonds is 2. The summed E-state index contributed by atoms with van der Waals surface area (Å²) in [7, 11) is 1.18. The summed E-state index contributed by atoms with van der Waals surface area (Å²) in [5.74, 6) is -1.60. The molecule has 0 radical (unpaired) electrons. The molecule has 1 atom stereocenters. The van der Waals surface area contributed by atoms with Crippen LogP contribution in [0.4, 0.5) is 0 Å². The molecule has 0 aliphatic carbocycles. The van der Waals surface area contributed by atoms with E-state index in [1.54, 1.807) is 0 Å². The van der Waals surface area contributed by atoms with E-state index in [0.29, 0.717) is 0 Å². The number of hydrogen-bond acceptors (Lipinski definition) is 3. The maximum absolute atomic E-state index is 11.3. The van der Waals surface area contributed by atoms with Crippen molar-refractivity contribution in [2.45, 2.75) is 19.9 Å². The fourth-order valence-corrected chi connectivity index (χ4v) is 1.50. The summed E-state index contributed by atoms with van der Waals surface area (Å²) in [6.07, 6.45) is 0. The van der Waals surface area contributed by atoms with Crippen molar-refractivity contribution in [1.82, 2.24) is 5.32 Å². The fourth-order valence-electron chi connectivity index (χ4n) is 1.50. The van der Waals surface area contributed by atoms with Crippen LogP contribution in [-0.4, -0.2) is 19.0 Å². The fraction of sp³-hybridized carbons (Fsp3) is 0.333. The van der Waals surface area contributed by atoms with Gasteiger partial charge in [-0.15, -0.1) is 0 Å². The van der Waals surface area contributed by atoms with Gasteiger partial charge in [-0.2, -0.15) is 0 Å². The maximum Gasteiger partial charge on any atom is 0.396 e. The third-order valence-corrected chi connectivity index (χ3v) is 2.37. The number of nitrogens with one attached hydrogen (secondary N) is 1. The Bertz CT molecular complexity index is 401. The highest BCUT2D eigenvalue weighted by molar-refractivity contribution is 6.32. The monoisotopic (exact) mass is 221 g/mol. The average molecular weight is 221 g/mol. The minimum Gasteiger partial charge on any atom is -0.462 e.